The van der Waals surface area contributed by atoms with Crippen LogP contribution in [0.2, 0.25) is 0 Å². The molecule has 0 unspecified atom stereocenters. The predicted octanol–water partition coefficient (Wildman–Crippen LogP) is 5.43. The maximum Gasteiger partial charge on any atom is 0.159 e. The quantitative estimate of drug-likeness (QED) is 0.547. The third kappa shape index (κ3) is 7.68. The predicted molar refractivity (Wildman–Crippen MR) is 104 cm³/mol. The fourth-order valence-corrected chi connectivity index (χ4v) is 1.79. The standard InChI is InChI=1S/C16H18N2O2.2C2H6/c1-12(19)13-5-3-8-16(9-13)20-11-18-15-7-4-6-14(10-15)17-2;2*1-2/h3-10,17-18H,11H2,1-2H3;2*1-2H3. The molecule has 2 N–H and O–H groups in total. The number of carbonyl (C=O) groups is 1. The number of ketones is 1. The Morgan fingerprint density at radius 3 is 2.21 bits per heavy atom. The lowest BCUT2D eigenvalue weighted by Crippen LogP contribution is -2.09. The highest BCUT2D eigenvalue weighted by atomic mass is 16.5. The minimum atomic E-state index is 0.0325. The highest BCUT2D eigenvalue weighted by Gasteiger charge is 2.01. The number of anilines is 2. The maximum absolute atomic E-state index is 11.3. The largest absolute Gasteiger partial charge is 0.473 e. The van der Waals surface area contributed by atoms with Crippen molar-refractivity contribution in [2.24, 2.45) is 0 Å². The monoisotopic (exact) mass is 330 g/mol. The highest BCUT2D eigenvalue weighted by Crippen LogP contribution is 2.16. The van der Waals surface area contributed by atoms with E-state index < -0.39 is 0 Å². The lowest BCUT2D eigenvalue weighted by atomic mass is 10.1. The van der Waals surface area contributed by atoms with Gasteiger partial charge < -0.3 is 15.4 Å². The molecule has 0 fully saturated rings. The summed E-state index contributed by atoms with van der Waals surface area (Å²) in [5.41, 5.74) is 2.66. The highest BCUT2D eigenvalue weighted by molar-refractivity contribution is 5.94. The van der Waals surface area contributed by atoms with E-state index in [2.05, 4.69) is 10.6 Å². The van der Waals surface area contributed by atoms with Crippen molar-refractivity contribution in [1.82, 2.24) is 0 Å². The van der Waals surface area contributed by atoms with E-state index in [9.17, 15) is 4.79 Å². The second-order valence-electron chi connectivity index (χ2n) is 4.38. The number of ether oxygens (including phenoxy) is 1. The van der Waals surface area contributed by atoms with Crippen molar-refractivity contribution in [1.29, 1.82) is 0 Å². The summed E-state index contributed by atoms with van der Waals surface area (Å²) in [5, 5.41) is 6.25. The van der Waals surface area contributed by atoms with E-state index in [0.717, 1.165) is 11.4 Å². The first-order valence-electron chi connectivity index (χ1n) is 8.44. The fourth-order valence-electron chi connectivity index (χ4n) is 1.79. The topological polar surface area (TPSA) is 50.4 Å². The molecule has 0 heterocycles. The smallest absolute Gasteiger partial charge is 0.159 e. The summed E-state index contributed by atoms with van der Waals surface area (Å²) < 4.78 is 5.59. The van der Waals surface area contributed by atoms with Crippen LogP contribution in [0, 0.1) is 0 Å². The van der Waals surface area contributed by atoms with Gasteiger partial charge in [0.25, 0.3) is 0 Å². The van der Waals surface area contributed by atoms with Crippen LogP contribution in [0.1, 0.15) is 45.0 Å². The van der Waals surface area contributed by atoms with E-state index in [1.807, 2.05) is 71.1 Å². The zero-order valence-corrected chi connectivity index (χ0v) is 15.6. The number of Topliss-reactive ketones (excluding diaryl/α,β-unsaturated/α-hetero) is 1. The summed E-state index contributed by atoms with van der Waals surface area (Å²) in [5.74, 6) is 0.708. The number of hydrogen-bond donors (Lipinski definition) is 2. The summed E-state index contributed by atoms with van der Waals surface area (Å²) in [6.07, 6.45) is 0. The van der Waals surface area contributed by atoms with Gasteiger partial charge in [-0.25, -0.2) is 0 Å². The molecule has 0 aliphatic carbocycles. The Balaban J connectivity index is 0.00000123. The lowest BCUT2D eigenvalue weighted by Gasteiger charge is -2.10. The van der Waals surface area contributed by atoms with Gasteiger partial charge in [0.1, 0.15) is 5.75 Å². The van der Waals surface area contributed by atoms with Gasteiger partial charge in [-0.3, -0.25) is 4.79 Å². The fraction of sp³-hybridized carbons (Fsp3) is 0.350. The summed E-state index contributed by atoms with van der Waals surface area (Å²) >= 11 is 0. The van der Waals surface area contributed by atoms with Crippen molar-refractivity contribution in [3.8, 4) is 5.75 Å². The van der Waals surface area contributed by atoms with Gasteiger partial charge in [0.2, 0.25) is 0 Å². The maximum atomic E-state index is 11.3. The number of rotatable bonds is 6. The average Bonchev–Trinajstić information content (AvgIpc) is 2.65. The molecule has 4 nitrogen and oxygen atoms in total. The first-order valence-corrected chi connectivity index (χ1v) is 8.44. The van der Waals surface area contributed by atoms with E-state index in [-0.39, 0.29) is 5.78 Å². The molecule has 0 radical (unpaired) electrons. The van der Waals surface area contributed by atoms with Gasteiger partial charge in [0, 0.05) is 24.0 Å². The van der Waals surface area contributed by atoms with Gasteiger partial charge in [-0.15, -0.1) is 0 Å². The van der Waals surface area contributed by atoms with Crippen molar-refractivity contribution >= 4 is 17.2 Å². The Morgan fingerprint density at radius 2 is 1.58 bits per heavy atom. The third-order valence-corrected chi connectivity index (χ3v) is 2.91. The van der Waals surface area contributed by atoms with Crippen molar-refractivity contribution in [3.63, 3.8) is 0 Å². The number of benzene rings is 2. The van der Waals surface area contributed by atoms with E-state index in [0.29, 0.717) is 18.0 Å². The molecular formula is C20H30N2O2. The van der Waals surface area contributed by atoms with Crippen molar-refractivity contribution in [2.45, 2.75) is 34.6 Å². The van der Waals surface area contributed by atoms with E-state index >= 15 is 0 Å². The summed E-state index contributed by atoms with van der Waals surface area (Å²) in [6, 6.07) is 15.1. The van der Waals surface area contributed by atoms with Crippen LogP contribution in [0.25, 0.3) is 0 Å². The SMILES string of the molecule is CC.CC.CNc1cccc(NCOc2cccc(C(C)=O)c2)c1. The molecule has 0 aromatic heterocycles. The van der Waals surface area contributed by atoms with Crippen LogP contribution in [-0.2, 0) is 0 Å². The minimum Gasteiger partial charge on any atom is -0.473 e. The van der Waals surface area contributed by atoms with Crippen LogP contribution in [0.5, 0.6) is 5.75 Å². The third-order valence-electron chi connectivity index (χ3n) is 2.91. The van der Waals surface area contributed by atoms with Crippen LogP contribution in [0.4, 0.5) is 11.4 Å². The van der Waals surface area contributed by atoms with Gasteiger partial charge in [0.05, 0.1) is 0 Å². The molecule has 2 rings (SSSR count). The van der Waals surface area contributed by atoms with Gasteiger partial charge >= 0.3 is 0 Å². The van der Waals surface area contributed by atoms with E-state index in [1.54, 1.807) is 19.1 Å². The molecule has 0 spiro atoms. The molecule has 0 aliphatic heterocycles. The van der Waals surface area contributed by atoms with Gasteiger partial charge in [-0.1, -0.05) is 45.9 Å². The summed E-state index contributed by atoms with van der Waals surface area (Å²) in [6.45, 7) is 9.88. The molecule has 0 saturated heterocycles. The second-order valence-corrected chi connectivity index (χ2v) is 4.38. The molecule has 24 heavy (non-hydrogen) atoms. The van der Waals surface area contributed by atoms with Gasteiger partial charge in [0.15, 0.2) is 12.5 Å². The molecule has 0 bridgehead atoms. The molecule has 0 saturated carbocycles. The Hall–Kier alpha value is -2.49. The van der Waals surface area contributed by atoms with Crippen LogP contribution in [0.15, 0.2) is 48.5 Å². The molecule has 132 valence electrons. The van der Waals surface area contributed by atoms with Crippen LogP contribution >= 0.6 is 0 Å². The van der Waals surface area contributed by atoms with Gasteiger partial charge in [-0.2, -0.15) is 0 Å². The summed E-state index contributed by atoms with van der Waals surface area (Å²) in [7, 11) is 1.88. The Labute approximate surface area is 146 Å². The first-order chi connectivity index (χ1) is 11.7. The number of nitrogens with one attached hydrogen (secondary N) is 2. The molecule has 0 atom stereocenters. The molecule has 2 aromatic carbocycles. The molecule has 4 heteroatoms. The molecule has 0 amide bonds. The average molecular weight is 330 g/mol. The summed E-state index contributed by atoms with van der Waals surface area (Å²) in [4.78, 5) is 11.3. The Kier molecular flexibility index (Phi) is 11.6. The second kappa shape index (κ2) is 13.0. The number of carbonyl (C=O) groups excluding carboxylic acids is 1. The van der Waals surface area contributed by atoms with E-state index in [4.69, 9.17) is 4.74 Å². The Bertz CT molecular complexity index is 598. The number of hydrogen-bond acceptors (Lipinski definition) is 4. The molecule has 0 aliphatic rings. The zero-order chi connectivity index (χ0) is 18.4. The minimum absolute atomic E-state index is 0.0325. The van der Waals surface area contributed by atoms with Crippen LogP contribution in [0.3, 0.4) is 0 Å². The van der Waals surface area contributed by atoms with Crippen LogP contribution in [-0.4, -0.2) is 19.6 Å². The van der Waals surface area contributed by atoms with Crippen molar-refractivity contribution in [3.05, 3.63) is 54.1 Å². The normalized spacial score (nSPS) is 8.75. The van der Waals surface area contributed by atoms with Gasteiger partial charge in [-0.05, 0) is 37.3 Å². The Morgan fingerprint density at radius 1 is 0.958 bits per heavy atom. The first kappa shape index (κ1) is 21.5. The van der Waals surface area contributed by atoms with E-state index in [1.165, 1.54) is 0 Å². The van der Waals surface area contributed by atoms with Crippen LogP contribution < -0.4 is 15.4 Å². The van der Waals surface area contributed by atoms with Crippen molar-refractivity contribution in [2.75, 3.05) is 24.4 Å². The van der Waals surface area contributed by atoms with Crippen molar-refractivity contribution < 1.29 is 9.53 Å². The molecular weight excluding hydrogens is 300 g/mol. The zero-order valence-electron chi connectivity index (χ0n) is 15.6. The lowest BCUT2D eigenvalue weighted by molar-refractivity contribution is 0.101. The molecule has 2 aromatic rings.